The number of nitrogens with zero attached hydrogens (tertiary/aromatic N) is 1. The van der Waals surface area contributed by atoms with Crippen LogP contribution in [0.1, 0.15) is 22.1 Å². The Kier molecular flexibility index (Phi) is 4.32. The zero-order chi connectivity index (χ0) is 17.1. The zero-order valence-corrected chi connectivity index (χ0v) is 13.2. The Bertz CT molecular complexity index is 1020. The second kappa shape index (κ2) is 6.57. The number of aromatic nitrogens is 1. The maximum absolute atomic E-state index is 12.4. The normalized spacial score (nSPS) is 11.7. The predicted octanol–water partition coefficient (Wildman–Crippen LogP) is 3.18. The predicted molar refractivity (Wildman–Crippen MR) is 91.8 cm³/mol. The number of nitrogens with one attached hydrogen (secondary N) is 2. The van der Waals surface area contributed by atoms with E-state index >= 15 is 0 Å². The number of halogens is 1. The molecule has 0 saturated carbocycles. The van der Waals surface area contributed by atoms with Crippen molar-refractivity contribution in [3.63, 3.8) is 0 Å². The van der Waals surface area contributed by atoms with Gasteiger partial charge in [-0.3, -0.25) is 9.59 Å². The standard InChI is InChI=1S/C18H12ClN3O2/c19-13-6-3-5-12(8-13)16(10-20)22-18(24)15-9-11-4-1-2-7-14(11)17(23)21-15/h1-9,16H,(H,21,23)(H,22,24)/t16-/m1/s1. The number of carbonyl (C=O) groups is 1. The molecule has 0 aliphatic carbocycles. The number of hydrogen-bond acceptors (Lipinski definition) is 3. The molecule has 0 radical (unpaired) electrons. The fraction of sp³-hybridized carbons (Fsp3) is 0.0556. The van der Waals surface area contributed by atoms with Crippen molar-refractivity contribution in [2.24, 2.45) is 0 Å². The fourth-order valence-electron chi connectivity index (χ4n) is 2.42. The Morgan fingerprint density at radius 3 is 2.71 bits per heavy atom. The molecule has 0 aliphatic rings. The van der Waals surface area contributed by atoms with E-state index in [2.05, 4.69) is 10.3 Å². The quantitative estimate of drug-likeness (QED) is 0.769. The lowest BCUT2D eigenvalue weighted by Gasteiger charge is -2.12. The molecule has 5 nitrogen and oxygen atoms in total. The first kappa shape index (κ1) is 15.8. The third-order valence-electron chi connectivity index (χ3n) is 3.58. The highest BCUT2D eigenvalue weighted by atomic mass is 35.5. The smallest absolute Gasteiger partial charge is 0.269 e. The van der Waals surface area contributed by atoms with E-state index in [1.807, 2.05) is 6.07 Å². The van der Waals surface area contributed by atoms with Crippen LogP contribution in [-0.4, -0.2) is 10.9 Å². The molecule has 3 aromatic rings. The summed E-state index contributed by atoms with van der Waals surface area (Å²) in [5, 5.41) is 13.5. The Labute approximate surface area is 142 Å². The lowest BCUT2D eigenvalue weighted by Crippen LogP contribution is -2.29. The maximum atomic E-state index is 12.4. The lowest BCUT2D eigenvalue weighted by molar-refractivity contribution is 0.0940. The van der Waals surface area contributed by atoms with Gasteiger partial charge in [0.05, 0.1) is 6.07 Å². The average molecular weight is 338 g/mol. The molecule has 0 fully saturated rings. The molecule has 2 aromatic carbocycles. The molecule has 0 aliphatic heterocycles. The summed E-state index contributed by atoms with van der Waals surface area (Å²) < 4.78 is 0. The number of fused-ring (bicyclic) bond motifs is 1. The summed E-state index contributed by atoms with van der Waals surface area (Å²) in [6, 6.07) is 16.4. The van der Waals surface area contributed by atoms with E-state index in [0.29, 0.717) is 21.4 Å². The Balaban J connectivity index is 1.92. The molecule has 3 rings (SSSR count). The van der Waals surface area contributed by atoms with Gasteiger partial charge in [0.25, 0.3) is 11.5 Å². The molecule has 2 N–H and O–H groups in total. The van der Waals surface area contributed by atoms with Crippen molar-refractivity contribution >= 4 is 28.3 Å². The van der Waals surface area contributed by atoms with Crippen LogP contribution in [0.2, 0.25) is 5.02 Å². The summed E-state index contributed by atoms with van der Waals surface area (Å²) in [7, 11) is 0. The van der Waals surface area contributed by atoms with E-state index in [1.165, 1.54) is 0 Å². The number of benzene rings is 2. The van der Waals surface area contributed by atoms with Crippen LogP contribution in [0.5, 0.6) is 0 Å². The van der Waals surface area contributed by atoms with Gasteiger partial charge in [0.1, 0.15) is 11.7 Å². The van der Waals surface area contributed by atoms with Crippen molar-refractivity contribution in [2.45, 2.75) is 6.04 Å². The molecule has 1 aromatic heterocycles. The first-order valence-electron chi connectivity index (χ1n) is 7.16. The van der Waals surface area contributed by atoms with Crippen LogP contribution in [-0.2, 0) is 0 Å². The minimum absolute atomic E-state index is 0.0981. The fourth-order valence-corrected chi connectivity index (χ4v) is 2.62. The highest BCUT2D eigenvalue weighted by Crippen LogP contribution is 2.18. The molecule has 1 amide bonds. The third-order valence-corrected chi connectivity index (χ3v) is 3.82. The summed E-state index contributed by atoms with van der Waals surface area (Å²) >= 11 is 5.92. The van der Waals surface area contributed by atoms with Crippen LogP contribution in [0.3, 0.4) is 0 Å². The van der Waals surface area contributed by atoms with Crippen molar-refractivity contribution < 1.29 is 4.79 Å². The first-order chi connectivity index (χ1) is 11.6. The second-order valence-corrected chi connectivity index (χ2v) is 5.63. The topological polar surface area (TPSA) is 85.8 Å². The minimum atomic E-state index is -0.869. The van der Waals surface area contributed by atoms with Crippen molar-refractivity contribution in [2.75, 3.05) is 0 Å². The lowest BCUT2D eigenvalue weighted by atomic mass is 10.1. The van der Waals surface area contributed by atoms with Gasteiger partial charge in [-0.15, -0.1) is 0 Å². The molecule has 1 heterocycles. The van der Waals surface area contributed by atoms with Gasteiger partial charge in [-0.1, -0.05) is 41.9 Å². The number of carbonyl (C=O) groups excluding carboxylic acids is 1. The number of pyridine rings is 1. The van der Waals surface area contributed by atoms with Crippen LogP contribution >= 0.6 is 11.6 Å². The van der Waals surface area contributed by atoms with Crippen LogP contribution in [0.15, 0.2) is 59.4 Å². The zero-order valence-electron chi connectivity index (χ0n) is 12.4. The van der Waals surface area contributed by atoms with Crippen molar-refractivity contribution in [1.29, 1.82) is 5.26 Å². The van der Waals surface area contributed by atoms with E-state index in [9.17, 15) is 14.9 Å². The number of amides is 1. The summed E-state index contributed by atoms with van der Waals surface area (Å²) in [5.74, 6) is -0.538. The molecular weight excluding hydrogens is 326 g/mol. The van der Waals surface area contributed by atoms with Crippen LogP contribution in [0, 0.1) is 11.3 Å². The molecule has 0 unspecified atom stereocenters. The van der Waals surface area contributed by atoms with Gasteiger partial charge < -0.3 is 10.3 Å². The molecule has 0 spiro atoms. The van der Waals surface area contributed by atoms with E-state index in [0.717, 1.165) is 0 Å². The van der Waals surface area contributed by atoms with Gasteiger partial charge in [0, 0.05) is 10.4 Å². The average Bonchev–Trinajstić information content (AvgIpc) is 2.59. The van der Waals surface area contributed by atoms with Gasteiger partial charge in [-0.2, -0.15) is 5.26 Å². The van der Waals surface area contributed by atoms with E-state index in [-0.39, 0.29) is 11.3 Å². The van der Waals surface area contributed by atoms with Crippen molar-refractivity contribution in [1.82, 2.24) is 10.3 Å². The second-order valence-electron chi connectivity index (χ2n) is 5.19. The van der Waals surface area contributed by atoms with Gasteiger partial charge in [0.2, 0.25) is 0 Å². The number of nitriles is 1. The highest BCUT2D eigenvalue weighted by Gasteiger charge is 2.17. The van der Waals surface area contributed by atoms with Crippen LogP contribution in [0.4, 0.5) is 0 Å². The number of aromatic amines is 1. The number of hydrogen-bond donors (Lipinski definition) is 2. The third kappa shape index (κ3) is 3.14. The summed E-state index contributed by atoms with van der Waals surface area (Å²) in [4.78, 5) is 27.0. The Hall–Kier alpha value is -3.10. The SMILES string of the molecule is N#C[C@@H](NC(=O)c1cc2ccccc2c(=O)[nH]1)c1cccc(Cl)c1. The molecule has 1 atom stereocenters. The van der Waals surface area contributed by atoms with Gasteiger partial charge in [-0.05, 0) is 35.2 Å². The Morgan fingerprint density at radius 2 is 1.96 bits per heavy atom. The van der Waals surface area contributed by atoms with E-state index in [4.69, 9.17) is 11.6 Å². The van der Waals surface area contributed by atoms with E-state index < -0.39 is 11.9 Å². The Morgan fingerprint density at radius 1 is 1.17 bits per heavy atom. The first-order valence-corrected chi connectivity index (χ1v) is 7.54. The number of H-pyrrole nitrogens is 1. The van der Waals surface area contributed by atoms with Gasteiger partial charge >= 0.3 is 0 Å². The highest BCUT2D eigenvalue weighted by molar-refractivity contribution is 6.30. The minimum Gasteiger partial charge on any atom is -0.331 e. The van der Waals surface area contributed by atoms with Crippen molar-refractivity contribution in [3.05, 3.63) is 81.2 Å². The monoisotopic (exact) mass is 337 g/mol. The molecule has 24 heavy (non-hydrogen) atoms. The van der Waals surface area contributed by atoms with Crippen molar-refractivity contribution in [3.8, 4) is 6.07 Å². The van der Waals surface area contributed by atoms with Crippen LogP contribution in [0.25, 0.3) is 10.8 Å². The molecular formula is C18H12ClN3O2. The van der Waals surface area contributed by atoms with Gasteiger partial charge in [0.15, 0.2) is 0 Å². The largest absolute Gasteiger partial charge is 0.331 e. The van der Waals surface area contributed by atoms with E-state index in [1.54, 1.807) is 54.6 Å². The summed E-state index contributed by atoms with van der Waals surface area (Å²) in [5.41, 5.74) is 0.317. The molecule has 0 saturated heterocycles. The summed E-state index contributed by atoms with van der Waals surface area (Å²) in [6.45, 7) is 0. The molecule has 118 valence electrons. The van der Waals surface area contributed by atoms with Crippen LogP contribution < -0.4 is 10.9 Å². The summed E-state index contributed by atoms with van der Waals surface area (Å²) in [6.07, 6.45) is 0. The maximum Gasteiger partial charge on any atom is 0.269 e. The number of rotatable bonds is 3. The van der Waals surface area contributed by atoms with Gasteiger partial charge in [-0.25, -0.2) is 0 Å². The molecule has 0 bridgehead atoms. The molecule has 6 heteroatoms.